The highest BCUT2D eigenvalue weighted by atomic mass is 19.4. The van der Waals surface area contributed by atoms with Crippen LogP contribution in [0.25, 0.3) is 11.1 Å². The molecule has 1 saturated heterocycles. The zero-order chi connectivity index (χ0) is 20.1. The van der Waals surface area contributed by atoms with Gasteiger partial charge < -0.3 is 14.9 Å². The number of esters is 1. The van der Waals surface area contributed by atoms with Gasteiger partial charge in [-0.15, -0.1) is 5.06 Å². The van der Waals surface area contributed by atoms with Crippen LogP contribution in [0, 0.1) is 0 Å². The zero-order valence-electron chi connectivity index (χ0n) is 15.4. The van der Waals surface area contributed by atoms with Gasteiger partial charge in [-0.2, -0.15) is 13.2 Å². The predicted molar refractivity (Wildman–Crippen MR) is 97.9 cm³/mol. The van der Waals surface area contributed by atoms with E-state index in [9.17, 15) is 18.0 Å². The fourth-order valence-corrected chi connectivity index (χ4v) is 2.80. The average molecular weight is 394 g/mol. The number of carbonyl (C=O) groups is 1. The molecule has 28 heavy (non-hydrogen) atoms. The van der Waals surface area contributed by atoms with Crippen molar-refractivity contribution in [2.75, 3.05) is 32.8 Å². The first-order valence-electron chi connectivity index (χ1n) is 9.01. The Balaban J connectivity index is 0.000000188. The molecule has 0 atom stereocenters. The molecule has 150 valence electrons. The van der Waals surface area contributed by atoms with Gasteiger partial charge in [0, 0.05) is 26.2 Å². The van der Waals surface area contributed by atoms with Crippen LogP contribution in [0.4, 0.5) is 13.2 Å². The Bertz CT molecular complexity index is 834. The molecule has 4 rings (SSSR count). The summed E-state index contributed by atoms with van der Waals surface area (Å²) in [5.41, 5.74) is 1.07. The van der Waals surface area contributed by atoms with Crippen molar-refractivity contribution in [2.24, 2.45) is 0 Å². The fourth-order valence-electron chi connectivity index (χ4n) is 2.80. The van der Waals surface area contributed by atoms with E-state index in [0.717, 1.165) is 37.8 Å². The molecular weight excluding hydrogens is 373 g/mol. The smallest absolute Gasteiger partial charge is 0.417 e. The molecule has 0 unspecified atom stereocenters. The van der Waals surface area contributed by atoms with E-state index in [1.54, 1.807) is 25.1 Å². The van der Waals surface area contributed by atoms with Crippen LogP contribution in [-0.4, -0.2) is 43.8 Å². The van der Waals surface area contributed by atoms with Crippen molar-refractivity contribution in [3.05, 3.63) is 53.6 Å². The normalized spacial score (nSPS) is 15.3. The van der Waals surface area contributed by atoms with Gasteiger partial charge in [-0.3, -0.25) is 0 Å². The second-order valence-corrected chi connectivity index (χ2v) is 6.25. The van der Waals surface area contributed by atoms with Crippen molar-refractivity contribution in [3.8, 4) is 16.9 Å². The number of nitrogens with one attached hydrogen (secondary N) is 1. The molecule has 0 radical (unpaired) electrons. The minimum Gasteiger partial charge on any atom is -0.462 e. The lowest BCUT2D eigenvalue weighted by Crippen LogP contribution is -2.45. The van der Waals surface area contributed by atoms with Crippen LogP contribution in [0.2, 0.25) is 0 Å². The molecule has 2 aliphatic carbocycles. The number of benzene rings is 2. The number of carbonyl (C=O) groups excluding carboxylic acids is 1. The Morgan fingerprint density at radius 2 is 1.86 bits per heavy atom. The van der Waals surface area contributed by atoms with Crippen LogP contribution < -0.4 is 10.2 Å². The highest BCUT2D eigenvalue weighted by molar-refractivity contribution is 5.92. The molecule has 8 heteroatoms. The number of nitrogens with zero attached hydrogens (tertiary/aromatic N) is 1. The van der Waals surface area contributed by atoms with E-state index >= 15 is 0 Å². The number of rotatable bonds is 4. The van der Waals surface area contributed by atoms with Crippen molar-refractivity contribution in [3.63, 3.8) is 0 Å². The first-order chi connectivity index (χ1) is 13.4. The largest absolute Gasteiger partial charge is 0.462 e. The molecule has 1 aromatic rings. The van der Waals surface area contributed by atoms with Crippen LogP contribution in [-0.2, 0) is 10.9 Å². The number of halogens is 3. The Labute approximate surface area is 161 Å². The van der Waals surface area contributed by atoms with Crippen LogP contribution in [0.3, 0.4) is 0 Å². The van der Waals surface area contributed by atoms with Crippen molar-refractivity contribution in [1.29, 1.82) is 0 Å². The molecule has 1 aromatic carbocycles. The van der Waals surface area contributed by atoms with Gasteiger partial charge >= 0.3 is 12.1 Å². The van der Waals surface area contributed by atoms with Crippen LogP contribution in [0.15, 0.2) is 42.5 Å². The molecule has 1 N–H and O–H groups in total. The third kappa shape index (κ3) is 5.02. The number of alkyl halides is 3. The lowest BCUT2D eigenvalue weighted by Gasteiger charge is -2.27. The summed E-state index contributed by atoms with van der Waals surface area (Å²) in [4.78, 5) is 17.5. The SMILES string of the molecule is CCOC(=O)c1ccccc1ON1CCNCC1.FC(F)(F)c1ccc2cc1-2. The summed E-state index contributed by atoms with van der Waals surface area (Å²) >= 11 is 0. The zero-order valence-corrected chi connectivity index (χ0v) is 15.4. The van der Waals surface area contributed by atoms with Gasteiger partial charge in [0.1, 0.15) is 5.56 Å². The number of fused-ring (bicyclic) bond motifs is 1. The summed E-state index contributed by atoms with van der Waals surface area (Å²) in [7, 11) is 0. The number of piperazine rings is 1. The maximum atomic E-state index is 11.9. The highest BCUT2D eigenvalue weighted by Crippen LogP contribution is 2.45. The molecule has 5 nitrogen and oxygen atoms in total. The molecular formula is C20H21F3N2O3. The Hall–Kier alpha value is -2.58. The van der Waals surface area contributed by atoms with Gasteiger partial charge in [-0.05, 0) is 42.3 Å². The highest BCUT2D eigenvalue weighted by Gasteiger charge is 2.37. The van der Waals surface area contributed by atoms with Crippen molar-refractivity contribution < 1.29 is 27.5 Å². The third-order valence-electron chi connectivity index (χ3n) is 4.24. The molecule has 1 aliphatic heterocycles. The molecule has 0 aromatic heterocycles. The standard InChI is InChI=1S/C13H18N2O3.C7H3F3/c1-2-17-13(16)11-5-3-4-6-12(11)18-15-9-7-14-8-10-15;8-7(9,10)6-2-1-4-3-5(4)6/h3-6,14H,2,7-10H2,1H3;1-3H. The predicted octanol–water partition coefficient (Wildman–Crippen LogP) is 3.75. The van der Waals surface area contributed by atoms with E-state index in [1.807, 2.05) is 11.1 Å². The Kier molecular flexibility index (Phi) is 6.21. The number of hydrogen-bond donors (Lipinski definition) is 1. The maximum Gasteiger partial charge on any atom is 0.417 e. The first-order valence-corrected chi connectivity index (χ1v) is 9.01. The van der Waals surface area contributed by atoms with E-state index in [1.165, 1.54) is 12.1 Å². The lowest BCUT2D eigenvalue weighted by atomic mass is 10.2. The monoisotopic (exact) mass is 394 g/mol. The van der Waals surface area contributed by atoms with Crippen molar-refractivity contribution in [1.82, 2.24) is 10.4 Å². The number of para-hydroxylation sites is 1. The van der Waals surface area contributed by atoms with Crippen LogP contribution in [0.5, 0.6) is 5.75 Å². The van der Waals surface area contributed by atoms with Gasteiger partial charge in [-0.1, -0.05) is 18.2 Å². The average Bonchev–Trinajstić information content (AvgIpc) is 3.31. The van der Waals surface area contributed by atoms with Gasteiger partial charge in [0.05, 0.1) is 12.2 Å². The molecule has 0 bridgehead atoms. The molecule has 0 amide bonds. The van der Waals surface area contributed by atoms with E-state index < -0.39 is 11.7 Å². The molecule has 0 saturated carbocycles. The summed E-state index contributed by atoms with van der Waals surface area (Å²) in [5.74, 6) is 0.209. The molecule has 1 fully saturated rings. The molecule has 3 aliphatic rings. The maximum absolute atomic E-state index is 11.9. The van der Waals surface area contributed by atoms with Crippen LogP contribution >= 0.6 is 0 Å². The number of hydrogen-bond acceptors (Lipinski definition) is 5. The first kappa shape index (κ1) is 20.2. The molecule has 0 spiro atoms. The Morgan fingerprint density at radius 1 is 1.14 bits per heavy atom. The summed E-state index contributed by atoms with van der Waals surface area (Å²) in [6, 6.07) is 11.3. The van der Waals surface area contributed by atoms with Crippen molar-refractivity contribution >= 4 is 5.97 Å². The van der Waals surface area contributed by atoms with Gasteiger partial charge in [-0.25, -0.2) is 4.79 Å². The van der Waals surface area contributed by atoms with E-state index in [2.05, 4.69) is 5.32 Å². The fraction of sp³-hybridized carbons (Fsp3) is 0.350. The molecule has 1 heterocycles. The summed E-state index contributed by atoms with van der Waals surface area (Å²) in [6.07, 6.45) is -4.17. The van der Waals surface area contributed by atoms with Crippen LogP contribution in [0.1, 0.15) is 22.8 Å². The minimum absolute atomic E-state index is 0.344. The van der Waals surface area contributed by atoms with E-state index in [0.29, 0.717) is 23.5 Å². The second-order valence-electron chi connectivity index (χ2n) is 6.25. The summed E-state index contributed by atoms with van der Waals surface area (Å²) in [5, 5.41) is 5.10. The van der Waals surface area contributed by atoms with E-state index in [4.69, 9.17) is 9.57 Å². The van der Waals surface area contributed by atoms with Gasteiger partial charge in [0.15, 0.2) is 5.75 Å². The summed E-state index contributed by atoms with van der Waals surface area (Å²) < 4.78 is 40.7. The third-order valence-corrected chi connectivity index (χ3v) is 4.24. The Morgan fingerprint density at radius 3 is 2.39 bits per heavy atom. The van der Waals surface area contributed by atoms with E-state index in [-0.39, 0.29) is 5.97 Å². The quantitative estimate of drug-likeness (QED) is 0.683. The summed E-state index contributed by atoms with van der Waals surface area (Å²) in [6.45, 7) is 5.54. The second kappa shape index (κ2) is 8.62. The lowest BCUT2D eigenvalue weighted by molar-refractivity contribution is -0.136. The van der Waals surface area contributed by atoms with Crippen molar-refractivity contribution in [2.45, 2.75) is 13.1 Å². The van der Waals surface area contributed by atoms with Gasteiger partial charge in [0.2, 0.25) is 0 Å². The number of ether oxygens (including phenoxy) is 1. The minimum atomic E-state index is -4.17. The van der Waals surface area contributed by atoms with Gasteiger partial charge in [0.25, 0.3) is 0 Å². The topological polar surface area (TPSA) is 50.8 Å². The number of hydroxylamine groups is 2.